The number of piperidine rings is 1. The van der Waals surface area contributed by atoms with Gasteiger partial charge in [0.15, 0.2) is 0 Å². The minimum atomic E-state index is 0.439. The molecule has 2 fully saturated rings. The zero-order chi connectivity index (χ0) is 20.2. The van der Waals surface area contributed by atoms with E-state index in [0.717, 1.165) is 57.7 Å². The van der Waals surface area contributed by atoms with Gasteiger partial charge in [0.25, 0.3) is 0 Å². The zero-order valence-corrected chi connectivity index (χ0v) is 18.0. The molecule has 2 saturated heterocycles. The standard InChI is InChI=1S/C23H33N5O/c1-18-6-7-20(19(2)15-18)16-27-10-4-5-21(17-27)26(3)23-24-9-8-22(25-23)28-11-13-29-14-12-28/h6-9,15,21H,4-5,10-14,16-17H2,1-3H3. The number of benzene rings is 1. The number of anilines is 2. The molecule has 2 aliphatic heterocycles. The van der Waals surface area contributed by atoms with E-state index in [9.17, 15) is 0 Å². The molecule has 4 rings (SSSR count). The number of ether oxygens (including phenoxy) is 1. The van der Waals surface area contributed by atoms with Crippen molar-refractivity contribution in [3.05, 3.63) is 47.2 Å². The quantitative estimate of drug-likeness (QED) is 0.775. The topological polar surface area (TPSA) is 44.7 Å². The number of hydrogen-bond donors (Lipinski definition) is 0. The lowest BCUT2D eigenvalue weighted by atomic mass is 10.0. The molecule has 0 N–H and O–H groups in total. The predicted molar refractivity (Wildman–Crippen MR) is 118 cm³/mol. The molecule has 6 nitrogen and oxygen atoms in total. The van der Waals surface area contributed by atoms with Gasteiger partial charge in [-0.3, -0.25) is 4.90 Å². The molecule has 2 aliphatic rings. The third-order valence-corrected chi connectivity index (χ3v) is 6.20. The molecule has 1 aromatic heterocycles. The molecule has 156 valence electrons. The number of aryl methyl sites for hydroxylation is 2. The van der Waals surface area contributed by atoms with Crippen molar-refractivity contribution in [2.45, 2.75) is 39.3 Å². The summed E-state index contributed by atoms with van der Waals surface area (Å²) in [4.78, 5) is 16.6. The number of hydrogen-bond acceptors (Lipinski definition) is 6. The number of morpholine rings is 1. The Kier molecular flexibility index (Phi) is 6.31. The van der Waals surface area contributed by atoms with Gasteiger partial charge in [0.05, 0.1) is 13.2 Å². The van der Waals surface area contributed by atoms with Gasteiger partial charge in [0.2, 0.25) is 5.95 Å². The Morgan fingerprint density at radius 1 is 1.14 bits per heavy atom. The third-order valence-electron chi connectivity index (χ3n) is 6.20. The summed E-state index contributed by atoms with van der Waals surface area (Å²) in [6, 6.07) is 9.24. The minimum Gasteiger partial charge on any atom is -0.378 e. The molecule has 1 unspecified atom stereocenters. The first-order chi connectivity index (χ1) is 14.1. The van der Waals surface area contributed by atoms with Crippen LogP contribution in [-0.4, -0.2) is 67.4 Å². The molecule has 2 aromatic rings. The van der Waals surface area contributed by atoms with Crippen LogP contribution in [-0.2, 0) is 11.3 Å². The molecule has 0 aliphatic carbocycles. The van der Waals surface area contributed by atoms with E-state index in [1.165, 1.54) is 29.5 Å². The lowest BCUT2D eigenvalue weighted by molar-refractivity contribution is 0.122. The summed E-state index contributed by atoms with van der Waals surface area (Å²) in [7, 11) is 2.14. The van der Waals surface area contributed by atoms with Crippen molar-refractivity contribution in [2.24, 2.45) is 0 Å². The van der Waals surface area contributed by atoms with E-state index < -0.39 is 0 Å². The van der Waals surface area contributed by atoms with Gasteiger partial charge < -0.3 is 14.5 Å². The summed E-state index contributed by atoms with van der Waals surface area (Å²) in [5.41, 5.74) is 4.16. The summed E-state index contributed by atoms with van der Waals surface area (Å²) in [6.45, 7) is 10.9. The number of aromatic nitrogens is 2. The van der Waals surface area contributed by atoms with E-state index >= 15 is 0 Å². The summed E-state index contributed by atoms with van der Waals surface area (Å²) >= 11 is 0. The molecule has 0 radical (unpaired) electrons. The molecule has 0 bridgehead atoms. The largest absolute Gasteiger partial charge is 0.378 e. The van der Waals surface area contributed by atoms with E-state index in [1.54, 1.807) is 0 Å². The molecule has 0 spiro atoms. The highest BCUT2D eigenvalue weighted by atomic mass is 16.5. The van der Waals surface area contributed by atoms with E-state index in [1.807, 2.05) is 12.3 Å². The Bertz CT molecular complexity index is 821. The monoisotopic (exact) mass is 395 g/mol. The fraction of sp³-hybridized carbons (Fsp3) is 0.565. The van der Waals surface area contributed by atoms with Gasteiger partial charge in [-0.15, -0.1) is 0 Å². The van der Waals surface area contributed by atoms with E-state index in [-0.39, 0.29) is 0 Å². The highest BCUT2D eigenvalue weighted by Gasteiger charge is 2.25. The van der Waals surface area contributed by atoms with Crippen LogP contribution < -0.4 is 9.80 Å². The SMILES string of the molecule is Cc1ccc(CN2CCCC(N(C)c3nccc(N4CCOCC4)n3)C2)c(C)c1. The van der Waals surface area contributed by atoms with Crippen molar-refractivity contribution in [1.29, 1.82) is 0 Å². The lowest BCUT2D eigenvalue weighted by Gasteiger charge is -2.38. The van der Waals surface area contributed by atoms with Gasteiger partial charge in [-0.25, -0.2) is 4.98 Å². The lowest BCUT2D eigenvalue weighted by Crippen LogP contribution is -2.47. The fourth-order valence-electron chi connectivity index (χ4n) is 4.40. The van der Waals surface area contributed by atoms with Crippen LogP contribution in [0.5, 0.6) is 0 Å². The van der Waals surface area contributed by atoms with Crippen LogP contribution in [0.25, 0.3) is 0 Å². The summed E-state index contributed by atoms with van der Waals surface area (Å²) in [5.74, 6) is 1.83. The molecule has 0 saturated carbocycles. The van der Waals surface area contributed by atoms with Gasteiger partial charge in [-0.1, -0.05) is 23.8 Å². The second kappa shape index (κ2) is 9.09. The van der Waals surface area contributed by atoms with Crippen LogP contribution in [0.1, 0.15) is 29.5 Å². The molecule has 1 atom stereocenters. The van der Waals surface area contributed by atoms with Crippen molar-refractivity contribution in [2.75, 3.05) is 56.2 Å². The zero-order valence-electron chi connectivity index (χ0n) is 18.0. The van der Waals surface area contributed by atoms with E-state index in [4.69, 9.17) is 9.72 Å². The normalized spacial score (nSPS) is 20.7. The highest BCUT2D eigenvalue weighted by Crippen LogP contribution is 2.23. The maximum Gasteiger partial charge on any atom is 0.227 e. The molecule has 29 heavy (non-hydrogen) atoms. The van der Waals surface area contributed by atoms with E-state index in [0.29, 0.717) is 6.04 Å². The summed E-state index contributed by atoms with van der Waals surface area (Å²) in [5, 5.41) is 0. The molecular weight excluding hydrogens is 362 g/mol. The number of likely N-dealkylation sites (N-methyl/N-ethyl adjacent to an activating group) is 1. The van der Waals surface area contributed by atoms with Gasteiger partial charge in [0.1, 0.15) is 5.82 Å². The van der Waals surface area contributed by atoms with Crippen molar-refractivity contribution in [3.8, 4) is 0 Å². The average Bonchev–Trinajstić information content (AvgIpc) is 2.76. The van der Waals surface area contributed by atoms with Crippen LogP contribution in [0.2, 0.25) is 0 Å². The third kappa shape index (κ3) is 4.87. The van der Waals surface area contributed by atoms with E-state index in [2.05, 4.69) is 58.8 Å². The molecule has 3 heterocycles. The number of nitrogens with zero attached hydrogens (tertiary/aromatic N) is 5. The molecule has 0 amide bonds. The molecule has 1 aromatic carbocycles. The van der Waals surface area contributed by atoms with Gasteiger partial charge in [0, 0.05) is 45.5 Å². The Morgan fingerprint density at radius 2 is 1.97 bits per heavy atom. The van der Waals surface area contributed by atoms with Crippen molar-refractivity contribution in [1.82, 2.24) is 14.9 Å². The van der Waals surface area contributed by atoms with Crippen molar-refractivity contribution in [3.63, 3.8) is 0 Å². The Labute approximate surface area is 174 Å². The first-order valence-electron chi connectivity index (χ1n) is 10.8. The van der Waals surface area contributed by atoms with Gasteiger partial charge >= 0.3 is 0 Å². The Balaban J connectivity index is 1.42. The van der Waals surface area contributed by atoms with Crippen molar-refractivity contribution >= 4 is 11.8 Å². The maximum absolute atomic E-state index is 5.47. The molecule has 6 heteroatoms. The highest BCUT2D eigenvalue weighted by molar-refractivity contribution is 5.44. The van der Waals surface area contributed by atoms with Crippen LogP contribution in [0.4, 0.5) is 11.8 Å². The molecular formula is C23H33N5O. The van der Waals surface area contributed by atoms with Crippen LogP contribution in [0.15, 0.2) is 30.5 Å². The van der Waals surface area contributed by atoms with Gasteiger partial charge in [-0.2, -0.15) is 4.98 Å². The first-order valence-corrected chi connectivity index (χ1v) is 10.8. The predicted octanol–water partition coefficient (Wildman–Crippen LogP) is 3.03. The Morgan fingerprint density at radius 3 is 2.76 bits per heavy atom. The number of rotatable bonds is 5. The Hall–Kier alpha value is -2.18. The van der Waals surface area contributed by atoms with Crippen LogP contribution >= 0.6 is 0 Å². The fourth-order valence-corrected chi connectivity index (χ4v) is 4.40. The average molecular weight is 396 g/mol. The van der Waals surface area contributed by atoms with Crippen LogP contribution in [0.3, 0.4) is 0 Å². The summed E-state index contributed by atoms with van der Waals surface area (Å²) < 4.78 is 5.47. The maximum atomic E-state index is 5.47. The second-order valence-corrected chi connectivity index (χ2v) is 8.39. The first kappa shape index (κ1) is 20.1. The number of likely N-dealkylation sites (tertiary alicyclic amines) is 1. The van der Waals surface area contributed by atoms with Gasteiger partial charge in [-0.05, 0) is 50.4 Å². The second-order valence-electron chi connectivity index (χ2n) is 8.39. The van der Waals surface area contributed by atoms with Crippen LogP contribution in [0, 0.1) is 13.8 Å². The smallest absolute Gasteiger partial charge is 0.227 e. The summed E-state index contributed by atoms with van der Waals surface area (Å²) in [6.07, 6.45) is 4.29. The van der Waals surface area contributed by atoms with Crippen molar-refractivity contribution < 1.29 is 4.74 Å². The minimum absolute atomic E-state index is 0.439.